The van der Waals surface area contributed by atoms with Crippen LogP contribution in [0, 0.1) is 27.7 Å². The third-order valence-corrected chi connectivity index (χ3v) is 4.41. The molecule has 0 bridgehead atoms. The number of hydrogen-bond donors (Lipinski definition) is 1. The number of carbonyl (C=O) groups is 1. The summed E-state index contributed by atoms with van der Waals surface area (Å²) in [6.07, 6.45) is -0.540. The topological polar surface area (TPSA) is 38.3 Å². The molecule has 2 aromatic carbocycles. The van der Waals surface area contributed by atoms with E-state index in [2.05, 4.69) is 38.2 Å². The second kappa shape index (κ2) is 7.52. The van der Waals surface area contributed by atoms with Crippen molar-refractivity contribution in [2.45, 2.75) is 53.7 Å². The molecule has 0 aliphatic heterocycles. The number of rotatable bonds is 5. The van der Waals surface area contributed by atoms with Gasteiger partial charge in [0.15, 0.2) is 6.10 Å². The molecule has 0 fully saturated rings. The number of aryl methyl sites for hydroxylation is 4. The van der Waals surface area contributed by atoms with E-state index in [0.717, 1.165) is 5.56 Å². The van der Waals surface area contributed by atoms with Crippen LogP contribution in [-0.2, 0) is 4.79 Å². The van der Waals surface area contributed by atoms with Crippen molar-refractivity contribution in [3.8, 4) is 5.75 Å². The SMILES string of the molecule is Cc1ccc(O[C@H](C)C(=O)N[C@@H](C)c2cc(C)c(C)cc2C)cc1. The van der Waals surface area contributed by atoms with Crippen LogP contribution in [0.5, 0.6) is 5.75 Å². The lowest BCUT2D eigenvalue weighted by atomic mass is 9.96. The first kappa shape index (κ1) is 18.1. The van der Waals surface area contributed by atoms with Gasteiger partial charge in [0.05, 0.1) is 6.04 Å². The van der Waals surface area contributed by atoms with Gasteiger partial charge >= 0.3 is 0 Å². The highest BCUT2D eigenvalue weighted by atomic mass is 16.5. The molecule has 2 atom stereocenters. The van der Waals surface area contributed by atoms with Gasteiger partial charge in [0.25, 0.3) is 5.91 Å². The molecule has 0 aromatic heterocycles. The summed E-state index contributed by atoms with van der Waals surface area (Å²) in [5.74, 6) is 0.596. The normalized spacial score (nSPS) is 13.2. The number of carbonyl (C=O) groups excluding carboxylic acids is 1. The standard InChI is InChI=1S/C21H27NO2/c1-13-7-9-19(10-8-13)24-18(6)21(23)22-17(5)20-12-15(3)14(2)11-16(20)4/h7-12,17-18H,1-6H3,(H,22,23)/t17-,18+/m0/s1. The van der Waals surface area contributed by atoms with Gasteiger partial charge in [-0.25, -0.2) is 0 Å². The first-order valence-electron chi connectivity index (χ1n) is 8.39. The Morgan fingerprint density at radius 2 is 1.50 bits per heavy atom. The lowest BCUT2D eigenvalue weighted by Crippen LogP contribution is -2.38. The summed E-state index contributed by atoms with van der Waals surface area (Å²) in [6, 6.07) is 12.0. The van der Waals surface area contributed by atoms with Crippen molar-refractivity contribution in [2.75, 3.05) is 0 Å². The maximum Gasteiger partial charge on any atom is 0.261 e. The van der Waals surface area contributed by atoms with Gasteiger partial charge < -0.3 is 10.1 Å². The van der Waals surface area contributed by atoms with Crippen LogP contribution in [-0.4, -0.2) is 12.0 Å². The molecule has 0 aliphatic carbocycles. The maximum absolute atomic E-state index is 12.4. The second-order valence-electron chi connectivity index (χ2n) is 6.60. The molecular weight excluding hydrogens is 298 g/mol. The Hall–Kier alpha value is -2.29. The predicted molar refractivity (Wildman–Crippen MR) is 98.5 cm³/mol. The third-order valence-electron chi connectivity index (χ3n) is 4.41. The van der Waals surface area contributed by atoms with Crippen LogP contribution < -0.4 is 10.1 Å². The Kier molecular flexibility index (Phi) is 5.66. The quantitative estimate of drug-likeness (QED) is 0.875. The van der Waals surface area contributed by atoms with Gasteiger partial charge in [0.2, 0.25) is 0 Å². The molecule has 24 heavy (non-hydrogen) atoms. The molecule has 3 nitrogen and oxygen atoms in total. The molecular formula is C21H27NO2. The third kappa shape index (κ3) is 4.38. The fourth-order valence-corrected chi connectivity index (χ4v) is 2.73. The van der Waals surface area contributed by atoms with Crippen LogP contribution >= 0.6 is 0 Å². The molecule has 128 valence electrons. The van der Waals surface area contributed by atoms with Gasteiger partial charge in [-0.05, 0) is 75.9 Å². The fraction of sp³-hybridized carbons (Fsp3) is 0.381. The van der Waals surface area contributed by atoms with E-state index in [1.807, 2.05) is 38.1 Å². The van der Waals surface area contributed by atoms with Gasteiger partial charge in [0.1, 0.15) is 5.75 Å². The first-order chi connectivity index (χ1) is 11.3. The van der Waals surface area contributed by atoms with E-state index in [0.29, 0.717) is 5.75 Å². The zero-order valence-electron chi connectivity index (χ0n) is 15.4. The largest absolute Gasteiger partial charge is 0.481 e. The van der Waals surface area contributed by atoms with E-state index in [9.17, 15) is 4.79 Å². The molecule has 3 heteroatoms. The summed E-state index contributed by atoms with van der Waals surface area (Å²) >= 11 is 0. The minimum Gasteiger partial charge on any atom is -0.481 e. The van der Waals surface area contributed by atoms with E-state index < -0.39 is 6.10 Å². The lowest BCUT2D eigenvalue weighted by molar-refractivity contribution is -0.127. The summed E-state index contributed by atoms with van der Waals surface area (Å²) in [5, 5.41) is 3.05. The van der Waals surface area contributed by atoms with E-state index in [1.54, 1.807) is 6.92 Å². The number of ether oxygens (including phenoxy) is 1. The monoisotopic (exact) mass is 325 g/mol. The number of hydrogen-bond acceptors (Lipinski definition) is 2. The van der Waals surface area contributed by atoms with Gasteiger partial charge in [-0.3, -0.25) is 4.79 Å². The molecule has 0 unspecified atom stereocenters. The van der Waals surface area contributed by atoms with Crippen molar-refractivity contribution < 1.29 is 9.53 Å². The summed E-state index contributed by atoms with van der Waals surface area (Å²) in [4.78, 5) is 12.4. The lowest BCUT2D eigenvalue weighted by Gasteiger charge is -2.21. The Morgan fingerprint density at radius 1 is 0.917 bits per heavy atom. The highest BCUT2D eigenvalue weighted by Crippen LogP contribution is 2.22. The van der Waals surface area contributed by atoms with Gasteiger partial charge in [-0.1, -0.05) is 29.8 Å². The van der Waals surface area contributed by atoms with Crippen molar-refractivity contribution in [3.05, 3.63) is 64.2 Å². The minimum atomic E-state index is -0.540. The van der Waals surface area contributed by atoms with E-state index in [-0.39, 0.29) is 11.9 Å². The summed E-state index contributed by atoms with van der Waals surface area (Å²) in [6.45, 7) is 12.1. The molecule has 1 amide bonds. The van der Waals surface area contributed by atoms with Gasteiger partial charge in [0, 0.05) is 0 Å². The highest BCUT2D eigenvalue weighted by molar-refractivity contribution is 5.81. The van der Waals surface area contributed by atoms with Crippen LogP contribution in [0.25, 0.3) is 0 Å². The Morgan fingerprint density at radius 3 is 2.12 bits per heavy atom. The molecule has 0 aliphatic rings. The second-order valence-corrected chi connectivity index (χ2v) is 6.60. The molecule has 0 saturated heterocycles. The summed E-state index contributed by atoms with van der Waals surface area (Å²) < 4.78 is 5.73. The van der Waals surface area contributed by atoms with Crippen LogP contribution in [0.2, 0.25) is 0 Å². The Balaban J connectivity index is 2.03. The van der Waals surface area contributed by atoms with Crippen LogP contribution in [0.3, 0.4) is 0 Å². The van der Waals surface area contributed by atoms with Crippen LogP contribution in [0.4, 0.5) is 0 Å². The van der Waals surface area contributed by atoms with Crippen molar-refractivity contribution in [1.29, 1.82) is 0 Å². The molecule has 1 N–H and O–H groups in total. The average molecular weight is 325 g/mol. The molecule has 0 heterocycles. The van der Waals surface area contributed by atoms with Crippen molar-refractivity contribution >= 4 is 5.91 Å². The highest BCUT2D eigenvalue weighted by Gasteiger charge is 2.19. The molecule has 0 spiro atoms. The van der Waals surface area contributed by atoms with E-state index in [4.69, 9.17) is 4.74 Å². The average Bonchev–Trinajstić information content (AvgIpc) is 2.52. The van der Waals surface area contributed by atoms with Gasteiger partial charge in [-0.2, -0.15) is 0 Å². The van der Waals surface area contributed by atoms with Crippen LogP contribution in [0.15, 0.2) is 36.4 Å². The smallest absolute Gasteiger partial charge is 0.261 e. The summed E-state index contributed by atoms with van der Waals surface area (Å²) in [7, 11) is 0. The predicted octanol–water partition coefficient (Wildman–Crippen LogP) is 4.56. The zero-order valence-corrected chi connectivity index (χ0v) is 15.4. The molecule has 0 saturated carbocycles. The number of amides is 1. The summed E-state index contributed by atoms with van der Waals surface area (Å²) in [5.41, 5.74) is 6.01. The van der Waals surface area contributed by atoms with Crippen molar-refractivity contribution in [3.63, 3.8) is 0 Å². The maximum atomic E-state index is 12.4. The van der Waals surface area contributed by atoms with Crippen molar-refractivity contribution in [2.24, 2.45) is 0 Å². The van der Waals surface area contributed by atoms with Gasteiger partial charge in [-0.15, -0.1) is 0 Å². The molecule has 2 rings (SSSR count). The molecule has 2 aromatic rings. The van der Waals surface area contributed by atoms with Crippen molar-refractivity contribution in [1.82, 2.24) is 5.32 Å². The minimum absolute atomic E-state index is 0.0548. The van der Waals surface area contributed by atoms with Crippen LogP contribution in [0.1, 0.15) is 47.7 Å². The first-order valence-corrected chi connectivity index (χ1v) is 8.39. The Bertz CT molecular complexity index is 719. The fourth-order valence-electron chi connectivity index (χ4n) is 2.73. The number of benzene rings is 2. The Labute approximate surface area is 145 Å². The van der Waals surface area contributed by atoms with E-state index in [1.165, 1.54) is 22.3 Å². The van der Waals surface area contributed by atoms with E-state index >= 15 is 0 Å². The number of nitrogens with one attached hydrogen (secondary N) is 1. The molecule has 0 radical (unpaired) electrons. The zero-order chi connectivity index (χ0) is 17.9.